The minimum atomic E-state index is -4.79. The molecule has 1 atom stereocenters. The molecule has 0 spiro atoms. The van der Waals surface area contributed by atoms with Crippen molar-refractivity contribution in [3.8, 4) is 0 Å². The first-order chi connectivity index (χ1) is 8.84. The zero-order valence-corrected chi connectivity index (χ0v) is 10.2. The average molecular weight is 278 g/mol. The van der Waals surface area contributed by atoms with E-state index in [2.05, 4.69) is 0 Å². The van der Waals surface area contributed by atoms with Crippen LogP contribution in [-0.4, -0.2) is 23.4 Å². The van der Waals surface area contributed by atoms with Gasteiger partial charge in [0.05, 0.1) is 0 Å². The van der Waals surface area contributed by atoms with Crippen molar-refractivity contribution in [2.45, 2.75) is 32.0 Å². The minimum Gasteiger partial charge on any atom is -0.274 e. The molecule has 0 aliphatic carbocycles. The molecule has 0 aliphatic rings. The Morgan fingerprint density at radius 1 is 1.32 bits per heavy atom. The molecule has 1 aromatic rings. The smallest absolute Gasteiger partial charge is 0.274 e. The molecule has 0 aliphatic heterocycles. The van der Waals surface area contributed by atoms with Crippen molar-refractivity contribution in [2.24, 2.45) is 0 Å². The Bertz CT molecular complexity index is 408. The summed E-state index contributed by atoms with van der Waals surface area (Å²) in [5.41, 5.74) is 1.90. The highest BCUT2D eigenvalue weighted by Crippen LogP contribution is 2.27. The van der Waals surface area contributed by atoms with Gasteiger partial charge in [0.2, 0.25) is 5.91 Å². The lowest BCUT2D eigenvalue weighted by atomic mass is 10.1. The van der Waals surface area contributed by atoms with Gasteiger partial charge in [0.25, 0.3) is 0 Å². The topological polar surface area (TPSA) is 32.3 Å². The minimum absolute atomic E-state index is 0.101. The van der Waals surface area contributed by atoms with Crippen LogP contribution in [0.15, 0.2) is 30.3 Å². The first-order valence-electron chi connectivity index (χ1n) is 5.69. The molecule has 0 heterocycles. The van der Waals surface area contributed by atoms with Crippen LogP contribution in [-0.2, 0) is 11.2 Å². The Morgan fingerprint density at radius 3 is 2.37 bits per heavy atom. The summed E-state index contributed by atoms with van der Waals surface area (Å²) >= 11 is 0. The van der Waals surface area contributed by atoms with Gasteiger partial charge >= 0.3 is 6.18 Å². The molecule has 0 saturated carbocycles. The standard InChI is InChI=1S/C12H14F4N2O/c1-2-11(19)17-18(16)10(12(13,14)15)8-9-6-4-3-5-7-9/h3-7,10H,2,8H2,1H3,(H,17,19)/t10-/m1/s1. The highest BCUT2D eigenvalue weighted by atomic mass is 19.4. The van der Waals surface area contributed by atoms with Gasteiger partial charge in [-0.3, -0.25) is 10.2 Å². The fourth-order valence-corrected chi connectivity index (χ4v) is 1.44. The zero-order valence-electron chi connectivity index (χ0n) is 10.2. The van der Waals surface area contributed by atoms with E-state index in [1.807, 2.05) is 0 Å². The Labute approximate surface area is 108 Å². The van der Waals surface area contributed by atoms with Crippen LogP contribution in [0.4, 0.5) is 17.7 Å². The van der Waals surface area contributed by atoms with Crippen molar-refractivity contribution < 1.29 is 22.4 Å². The number of hydrogen-bond acceptors (Lipinski definition) is 2. The van der Waals surface area contributed by atoms with Crippen LogP contribution in [0.1, 0.15) is 18.9 Å². The molecule has 106 valence electrons. The van der Waals surface area contributed by atoms with Gasteiger partial charge in [-0.2, -0.15) is 13.2 Å². The molecule has 0 fully saturated rings. The number of alkyl halides is 3. The van der Waals surface area contributed by atoms with Crippen LogP contribution < -0.4 is 5.43 Å². The van der Waals surface area contributed by atoms with E-state index in [1.165, 1.54) is 19.1 Å². The molecule has 1 rings (SSSR count). The summed E-state index contributed by atoms with van der Waals surface area (Å²) in [6.07, 6.45) is -5.47. The number of amides is 1. The van der Waals surface area contributed by atoms with E-state index in [0.717, 1.165) is 0 Å². The molecule has 1 N–H and O–H groups in total. The van der Waals surface area contributed by atoms with Crippen LogP contribution in [0.3, 0.4) is 0 Å². The van der Waals surface area contributed by atoms with Crippen molar-refractivity contribution in [3.05, 3.63) is 35.9 Å². The first kappa shape index (κ1) is 15.4. The number of hydrazine groups is 1. The molecule has 19 heavy (non-hydrogen) atoms. The molecular weight excluding hydrogens is 264 g/mol. The maximum atomic E-state index is 13.5. The Kier molecular flexibility index (Phi) is 5.29. The molecule has 7 heteroatoms. The van der Waals surface area contributed by atoms with Gasteiger partial charge in [-0.25, -0.2) is 0 Å². The van der Waals surface area contributed by atoms with Crippen molar-refractivity contribution in [1.29, 1.82) is 0 Å². The van der Waals surface area contributed by atoms with Gasteiger partial charge in [-0.15, -0.1) is 4.48 Å². The van der Waals surface area contributed by atoms with Gasteiger partial charge in [-0.05, 0) is 10.8 Å². The number of nitrogens with zero attached hydrogens (tertiary/aromatic N) is 1. The van der Waals surface area contributed by atoms with Gasteiger partial charge in [0.15, 0.2) is 6.04 Å². The molecule has 0 saturated heterocycles. The summed E-state index contributed by atoms with van der Waals surface area (Å²) in [5.74, 6) is -0.815. The van der Waals surface area contributed by atoms with E-state index in [-0.39, 0.29) is 6.42 Å². The summed E-state index contributed by atoms with van der Waals surface area (Å²) in [5, 5.41) is -0.668. The molecule has 0 bridgehead atoms. The number of halogens is 4. The van der Waals surface area contributed by atoms with Crippen LogP contribution in [0.25, 0.3) is 0 Å². The van der Waals surface area contributed by atoms with Crippen molar-refractivity contribution in [3.63, 3.8) is 0 Å². The van der Waals surface area contributed by atoms with Gasteiger partial charge < -0.3 is 0 Å². The third-order valence-corrected chi connectivity index (χ3v) is 2.48. The summed E-state index contributed by atoms with van der Waals surface area (Å²) in [6, 6.07) is 5.30. The quantitative estimate of drug-likeness (QED) is 0.510. The van der Waals surface area contributed by atoms with E-state index in [4.69, 9.17) is 0 Å². The molecular formula is C12H14F4N2O. The molecule has 1 aromatic carbocycles. The van der Waals surface area contributed by atoms with E-state index in [0.29, 0.717) is 5.56 Å². The maximum absolute atomic E-state index is 13.5. The second kappa shape index (κ2) is 6.51. The van der Waals surface area contributed by atoms with Crippen LogP contribution in [0.2, 0.25) is 0 Å². The lowest BCUT2D eigenvalue weighted by Gasteiger charge is -2.25. The Morgan fingerprint density at radius 2 is 1.89 bits per heavy atom. The van der Waals surface area contributed by atoms with Crippen LogP contribution in [0, 0.1) is 0 Å². The lowest BCUT2D eigenvalue weighted by Crippen LogP contribution is -2.51. The number of rotatable bonds is 5. The highest BCUT2D eigenvalue weighted by molar-refractivity contribution is 5.74. The van der Waals surface area contributed by atoms with E-state index in [1.54, 1.807) is 23.6 Å². The Hall–Kier alpha value is -1.63. The average Bonchev–Trinajstić information content (AvgIpc) is 2.35. The largest absolute Gasteiger partial charge is 0.408 e. The maximum Gasteiger partial charge on any atom is 0.408 e. The number of carbonyl (C=O) groups is 1. The molecule has 0 unspecified atom stereocenters. The number of nitrogens with one attached hydrogen (secondary N) is 1. The normalized spacial score (nSPS) is 13.4. The van der Waals surface area contributed by atoms with Gasteiger partial charge in [-0.1, -0.05) is 37.3 Å². The summed E-state index contributed by atoms with van der Waals surface area (Å²) < 4.78 is 51.8. The van der Waals surface area contributed by atoms with Crippen LogP contribution >= 0.6 is 0 Å². The lowest BCUT2D eigenvalue weighted by molar-refractivity contribution is -0.233. The fourth-order valence-electron chi connectivity index (χ4n) is 1.44. The fraction of sp³-hybridized carbons (Fsp3) is 0.417. The summed E-state index contributed by atoms with van der Waals surface area (Å²) in [4.78, 5) is 10.9. The van der Waals surface area contributed by atoms with Crippen molar-refractivity contribution >= 4 is 5.91 Å². The number of hydrogen-bond donors (Lipinski definition) is 1. The predicted octanol–water partition coefficient (Wildman–Crippen LogP) is 2.79. The van der Waals surface area contributed by atoms with Gasteiger partial charge in [0.1, 0.15) is 0 Å². The van der Waals surface area contributed by atoms with E-state index >= 15 is 0 Å². The highest BCUT2D eigenvalue weighted by Gasteiger charge is 2.45. The summed E-state index contributed by atoms with van der Waals surface area (Å²) in [6.45, 7) is 1.42. The van der Waals surface area contributed by atoms with Crippen LogP contribution in [0.5, 0.6) is 0 Å². The number of benzene rings is 1. The third-order valence-electron chi connectivity index (χ3n) is 2.48. The second-order valence-corrected chi connectivity index (χ2v) is 3.95. The summed E-state index contributed by atoms with van der Waals surface area (Å²) in [7, 11) is 0. The SMILES string of the molecule is CCC(=O)NN(F)[C@H](Cc1ccccc1)C(F)(F)F. The third kappa shape index (κ3) is 4.86. The van der Waals surface area contributed by atoms with Crippen molar-refractivity contribution in [2.75, 3.05) is 0 Å². The van der Waals surface area contributed by atoms with Crippen molar-refractivity contribution in [1.82, 2.24) is 10.7 Å². The molecule has 1 amide bonds. The zero-order chi connectivity index (χ0) is 14.5. The number of carbonyl (C=O) groups excluding carboxylic acids is 1. The molecule has 3 nitrogen and oxygen atoms in total. The van der Waals surface area contributed by atoms with E-state index in [9.17, 15) is 22.4 Å². The predicted molar refractivity (Wildman–Crippen MR) is 61.4 cm³/mol. The Balaban J connectivity index is 2.81. The van der Waals surface area contributed by atoms with Gasteiger partial charge in [0, 0.05) is 12.8 Å². The molecule has 0 radical (unpaired) electrons. The second-order valence-electron chi connectivity index (χ2n) is 3.95. The first-order valence-corrected chi connectivity index (χ1v) is 5.69. The molecule has 0 aromatic heterocycles. The monoisotopic (exact) mass is 278 g/mol. The van der Waals surface area contributed by atoms with E-state index < -0.39 is 29.8 Å².